The van der Waals surface area contributed by atoms with Gasteiger partial charge in [-0.2, -0.15) is 9.97 Å². The molecule has 5 aliphatic rings. The SMILES string of the molecule is CCc1cccc2cc(O)cc(-c3ncc4c(N5CC6CCC(C5)N6)nc(OC[C@]56CCCN5C[C@H](Oc5cc([C@@H](C(=O)N7C[C@H](O)C[C@H]7C(=O)N[C@@H](C)c7ccc(-c8scnc8C)cc7)C(C)C)on5)CC6)nc4c3F)c12. The third-order valence-electron chi connectivity index (χ3n) is 17.1. The molecule has 2 amide bonds. The van der Waals surface area contributed by atoms with Gasteiger partial charge in [0.1, 0.15) is 47.4 Å². The zero-order chi connectivity index (χ0) is 54.0. The van der Waals surface area contributed by atoms with Crippen LogP contribution in [0.2, 0.25) is 0 Å². The number of thiazole rings is 1. The van der Waals surface area contributed by atoms with E-state index < -0.39 is 23.9 Å². The minimum Gasteiger partial charge on any atom is -0.508 e. The van der Waals surface area contributed by atoms with Crippen LogP contribution in [-0.4, -0.2) is 132 Å². The van der Waals surface area contributed by atoms with Gasteiger partial charge < -0.3 is 44.6 Å². The molecule has 17 nitrogen and oxygen atoms in total. The van der Waals surface area contributed by atoms with E-state index in [1.807, 2.05) is 75.7 Å². The molecular weight excluding hydrogens is 1010 g/mol. The van der Waals surface area contributed by atoms with Crippen LogP contribution in [-0.2, 0) is 16.0 Å². The van der Waals surface area contributed by atoms with E-state index in [4.69, 9.17) is 28.9 Å². The Morgan fingerprint density at radius 2 is 1.81 bits per heavy atom. The third-order valence-corrected chi connectivity index (χ3v) is 18.1. The maximum absolute atomic E-state index is 17.4. The number of fused-ring (bicyclic) bond motifs is 5. The molecule has 19 heteroatoms. The quantitative estimate of drug-likeness (QED) is 0.0759. The molecule has 8 atom stereocenters. The molecule has 4 N–H and O–H groups in total. The van der Waals surface area contributed by atoms with Crippen molar-refractivity contribution in [2.75, 3.05) is 44.2 Å². The van der Waals surface area contributed by atoms with Crippen molar-refractivity contribution in [3.05, 3.63) is 101 Å². The molecule has 0 radical (unpaired) electrons. The third kappa shape index (κ3) is 9.80. The first-order valence-electron chi connectivity index (χ1n) is 27.6. The second-order valence-electron chi connectivity index (χ2n) is 22.6. The molecule has 12 rings (SSSR count). The van der Waals surface area contributed by atoms with Gasteiger partial charge in [0.25, 0.3) is 5.88 Å². The lowest BCUT2D eigenvalue weighted by atomic mass is 9.86. The van der Waals surface area contributed by atoms with Crippen LogP contribution in [0.25, 0.3) is 43.4 Å². The number of ether oxygens (including phenoxy) is 2. The lowest BCUT2D eigenvalue weighted by molar-refractivity contribution is -0.141. The maximum atomic E-state index is 17.4. The summed E-state index contributed by atoms with van der Waals surface area (Å²) in [6.07, 6.45) is 6.85. The Labute approximate surface area is 456 Å². The summed E-state index contributed by atoms with van der Waals surface area (Å²) >= 11 is 1.58. The minimum absolute atomic E-state index is 0.0244. The highest BCUT2D eigenvalue weighted by Gasteiger charge is 2.48. The summed E-state index contributed by atoms with van der Waals surface area (Å²) in [5.74, 6) is -1.02. The number of amides is 2. The average Bonchev–Trinajstić information content (AvgIpc) is 4.39. The number of β-amino-alcohol motifs (C(OH)–C–C–N with tert-alkyl or cyclic N) is 1. The molecular formula is C59H67FN10O7S. The number of rotatable bonds is 15. The summed E-state index contributed by atoms with van der Waals surface area (Å²) in [5.41, 5.74) is 6.20. The number of pyridine rings is 1. The molecule has 78 heavy (non-hydrogen) atoms. The van der Waals surface area contributed by atoms with Gasteiger partial charge in [-0.15, -0.1) is 11.3 Å². The first-order chi connectivity index (χ1) is 37.7. The van der Waals surface area contributed by atoms with Crippen molar-refractivity contribution in [3.63, 3.8) is 0 Å². The van der Waals surface area contributed by atoms with Crippen LogP contribution in [0.4, 0.5) is 10.2 Å². The number of carbonyl (C=O) groups is 2. The molecule has 9 heterocycles. The molecule has 0 aliphatic carbocycles. The Bertz CT molecular complexity index is 3380. The Hall–Kier alpha value is -6.80. The van der Waals surface area contributed by atoms with Crippen LogP contribution in [0.1, 0.15) is 107 Å². The Balaban J connectivity index is 0.733. The fourth-order valence-electron chi connectivity index (χ4n) is 13.1. The molecule has 5 fully saturated rings. The number of phenols is 1. The Kier molecular flexibility index (Phi) is 14.1. The molecule has 7 aromatic rings. The zero-order valence-corrected chi connectivity index (χ0v) is 45.6. The summed E-state index contributed by atoms with van der Waals surface area (Å²) in [6.45, 7) is 13.0. The number of likely N-dealkylation sites (tertiary alicyclic amines) is 1. The highest BCUT2D eigenvalue weighted by atomic mass is 32.1. The second kappa shape index (κ2) is 21.1. The number of phenolic OH excluding ortho intramolecular Hbond substituents is 1. The van der Waals surface area contributed by atoms with E-state index in [0.717, 1.165) is 96.2 Å². The molecule has 5 aliphatic heterocycles. The van der Waals surface area contributed by atoms with Gasteiger partial charge in [-0.05, 0) is 116 Å². The highest BCUT2D eigenvalue weighted by molar-refractivity contribution is 7.13. The first kappa shape index (κ1) is 51.9. The van der Waals surface area contributed by atoms with Crippen LogP contribution < -0.4 is 25.0 Å². The number of benzene rings is 3. The fraction of sp³-hybridized carbons (Fsp3) is 0.475. The Morgan fingerprint density at radius 3 is 2.56 bits per heavy atom. The topological polar surface area (TPSA) is 204 Å². The number of halogens is 1. The van der Waals surface area contributed by atoms with Gasteiger partial charge in [0.2, 0.25) is 11.8 Å². The van der Waals surface area contributed by atoms with Crippen molar-refractivity contribution in [2.24, 2.45) is 5.92 Å². The number of piperazine rings is 1. The van der Waals surface area contributed by atoms with Gasteiger partial charge >= 0.3 is 6.01 Å². The molecule has 408 valence electrons. The monoisotopic (exact) mass is 1080 g/mol. The van der Waals surface area contributed by atoms with Gasteiger partial charge in [-0.1, -0.05) is 63.2 Å². The van der Waals surface area contributed by atoms with Crippen molar-refractivity contribution in [1.82, 2.24) is 45.5 Å². The normalized spacial score (nSPS) is 24.0. The number of carbonyl (C=O) groups excluding carboxylic acids is 2. The first-order valence-corrected chi connectivity index (χ1v) is 28.5. The van der Waals surface area contributed by atoms with Crippen LogP contribution >= 0.6 is 11.3 Å². The molecule has 5 saturated heterocycles. The summed E-state index contributed by atoms with van der Waals surface area (Å²) in [4.78, 5) is 54.6. The van der Waals surface area contributed by atoms with E-state index in [0.29, 0.717) is 54.2 Å². The summed E-state index contributed by atoms with van der Waals surface area (Å²) in [7, 11) is 0. The number of aliphatic hydroxyl groups excluding tert-OH is 1. The lowest BCUT2D eigenvalue weighted by Gasteiger charge is -2.44. The van der Waals surface area contributed by atoms with Gasteiger partial charge in [-0.3, -0.25) is 19.5 Å². The number of aromatic nitrogens is 5. The number of hydrogen-bond donors (Lipinski definition) is 4. The predicted molar refractivity (Wildman–Crippen MR) is 295 cm³/mol. The number of piperidine rings is 1. The highest BCUT2D eigenvalue weighted by Crippen LogP contribution is 2.42. The molecule has 0 spiro atoms. The van der Waals surface area contributed by atoms with Crippen molar-refractivity contribution in [3.8, 4) is 39.3 Å². The predicted octanol–water partition coefficient (Wildman–Crippen LogP) is 8.65. The lowest BCUT2D eigenvalue weighted by Crippen LogP contribution is -2.56. The van der Waals surface area contributed by atoms with Crippen molar-refractivity contribution in [2.45, 2.75) is 134 Å². The van der Waals surface area contributed by atoms with Gasteiger partial charge in [0.15, 0.2) is 11.6 Å². The van der Waals surface area contributed by atoms with Crippen LogP contribution in [0.5, 0.6) is 17.6 Å². The average molecular weight is 1080 g/mol. The number of aliphatic hydroxyl groups is 1. The number of aromatic hydroxyl groups is 1. The zero-order valence-electron chi connectivity index (χ0n) is 44.7. The van der Waals surface area contributed by atoms with E-state index in [1.54, 1.807) is 35.7 Å². The molecule has 2 bridgehead atoms. The molecule has 2 unspecified atom stereocenters. The van der Waals surface area contributed by atoms with Crippen LogP contribution in [0.15, 0.2) is 76.9 Å². The smallest absolute Gasteiger partial charge is 0.319 e. The van der Waals surface area contributed by atoms with Crippen molar-refractivity contribution < 1.29 is 38.2 Å². The molecule has 0 saturated carbocycles. The number of aryl methyl sites for hydroxylation is 2. The summed E-state index contributed by atoms with van der Waals surface area (Å²) < 4.78 is 36.4. The minimum atomic E-state index is -0.865. The van der Waals surface area contributed by atoms with E-state index >= 15 is 4.39 Å². The number of hydrogen-bond acceptors (Lipinski definition) is 16. The van der Waals surface area contributed by atoms with Crippen LogP contribution in [0.3, 0.4) is 0 Å². The second-order valence-corrected chi connectivity index (χ2v) is 23.4. The van der Waals surface area contributed by atoms with Gasteiger partial charge in [-0.25, -0.2) is 9.37 Å². The maximum Gasteiger partial charge on any atom is 0.319 e. The van der Waals surface area contributed by atoms with E-state index in [-0.39, 0.29) is 77.2 Å². The van der Waals surface area contributed by atoms with E-state index in [9.17, 15) is 19.8 Å². The van der Waals surface area contributed by atoms with Gasteiger partial charge in [0, 0.05) is 62.5 Å². The number of nitrogens with zero attached hydrogens (tertiary/aromatic N) is 8. The molecule has 3 aromatic carbocycles. The van der Waals surface area contributed by atoms with Crippen molar-refractivity contribution in [1.29, 1.82) is 0 Å². The van der Waals surface area contributed by atoms with Gasteiger partial charge in [0.05, 0.1) is 39.2 Å². The van der Waals surface area contributed by atoms with Crippen LogP contribution in [0, 0.1) is 18.7 Å². The standard InChI is InChI=1S/C59H67FN10O7S/c1-6-35-9-7-10-38-21-41(71)22-44(50(35)38)52-51(60)53-45(25-61-52)55(68-26-39-15-16-40(27-68)64-39)66-58(65-53)75-30-59-18-8-20-69(59)29-43(17-19-59)76-48-24-47(77-67-48)49(32(2)3)57(74)70-28-42(72)23-46(70)56(73)63-33(4)36-11-13-37(14-12-36)54-34(5)62-31-78-54/h7,9-14,21-22,24-25,31-33,39-40,42-43,46,49,64,71-72H,6,8,15-20,23,26-30H2,1-5H3,(H,63,73)/t33-,39?,40?,42+,43+,46-,49-,59+/m0/s1. The Morgan fingerprint density at radius 1 is 1.00 bits per heavy atom. The fourth-order valence-corrected chi connectivity index (χ4v) is 13.9. The largest absolute Gasteiger partial charge is 0.508 e. The number of nitrogens with one attached hydrogen (secondary N) is 2. The van der Waals surface area contributed by atoms with E-state index in [1.165, 1.54) is 4.90 Å². The van der Waals surface area contributed by atoms with E-state index in [2.05, 4.69) is 37.5 Å². The number of anilines is 1. The summed E-state index contributed by atoms with van der Waals surface area (Å²) in [5, 5.41) is 34.9. The molecule has 4 aromatic heterocycles. The summed E-state index contributed by atoms with van der Waals surface area (Å²) in [6, 6.07) is 18.4. The van der Waals surface area contributed by atoms with Crippen molar-refractivity contribution >= 4 is 50.6 Å².